The van der Waals surface area contributed by atoms with Gasteiger partial charge in [0, 0.05) is 12.8 Å². The Morgan fingerprint density at radius 1 is 1.19 bits per heavy atom. The van der Waals surface area contributed by atoms with E-state index >= 15 is 0 Å². The lowest BCUT2D eigenvalue weighted by molar-refractivity contribution is -0.121. The Bertz CT molecular complexity index is 357. The number of ketones is 1. The Morgan fingerprint density at radius 3 is 2.31 bits per heavy atom. The molecule has 1 aliphatic rings. The molecule has 1 unspecified atom stereocenters. The molecule has 2 rings (SSSR count). The van der Waals surface area contributed by atoms with Gasteiger partial charge in [-0.15, -0.1) is 0 Å². The van der Waals surface area contributed by atoms with Crippen LogP contribution in [0.4, 0.5) is 0 Å². The van der Waals surface area contributed by atoms with Crippen molar-refractivity contribution in [1.29, 1.82) is 0 Å². The Kier molecular flexibility index (Phi) is 3.28. The molecule has 2 nitrogen and oxygen atoms in total. The van der Waals surface area contributed by atoms with Crippen LogP contribution in [0, 0.1) is 5.92 Å². The Hall–Kier alpha value is -1.31. The lowest BCUT2D eigenvalue weighted by atomic mass is 9.77. The molecule has 1 fully saturated rings. The summed E-state index contributed by atoms with van der Waals surface area (Å²) in [4.78, 5) is 11.2. The zero-order valence-electron chi connectivity index (χ0n) is 9.65. The predicted molar refractivity (Wildman–Crippen MR) is 63.5 cm³/mol. The molecule has 0 amide bonds. The van der Waals surface area contributed by atoms with E-state index in [1.807, 2.05) is 12.1 Å². The van der Waals surface area contributed by atoms with E-state index in [1.54, 1.807) is 12.1 Å². The minimum atomic E-state index is 0.315. The number of carbonyl (C=O) groups excluding carboxylic acids is 1. The van der Waals surface area contributed by atoms with Crippen LogP contribution in [0.3, 0.4) is 0 Å². The summed E-state index contributed by atoms with van der Waals surface area (Å²) in [6, 6.07) is 7.44. The van der Waals surface area contributed by atoms with Gasteiger partial charge in [-0.25, -0.2) is 0 Å². The maximum absolute atomic E-state index is 11.2. The van der Waals surface area contributed by atoms with Crippen LogP contribution in [0.5, 0.6) is 5.75 Å². The summed E-state index contributed by atoms with van der Waals surface area (Å²) in [7, 11) is 0. The van der Waals surface area contributed by atoms with Crippen LogP contribution in [-0.2, 0) is 4.79 Å². The van der Waals surface area contributed by atoms with Crippen molar-refractivity contribution >= 4 is 5.78 Å². The average molecular weight is 218 g/mol. The van der Waals surface area contributed by atoms with Crippen LogP contribution in [0.1, 0.15) is 44.1 Å². The molecule has 0 saturated heterocycles. The van der Waals surface area contributed by atoms with Gasteiger partial charge in [-0.3, -0.25) is 4.79 Å². The van der Waals surface area contributed by atoms with Crippen molar-refractivity contribution < 1.29 is 9.90 Å². The van der Waals surface area contributed by atoms with E-state index < -0.39 is 0 Å². The summed E-state index contributed by atoms with van der Waals surface area (Å²) in [6.07, 6.45) is 3.52. The van der Waals surface area contributed by atoms with Gasteiger partial charge in [0.15, 0.2) is 0 Å². The van der Waals surface area contributed by atoms with E-state index in [0.29, 0.717) is 23.4 Å². The van der Waals surface area contributed by atoms with Crippen LogP contribution < -0.4 is 0 Å². The molecular weight excluding hydrogens is 200 g/mol. The van der Waals surface area contributed by atoms with Crippen LogP contribution in [-0.4, -0.2) is 10.9 Å². The fraction of sp³-hybridized carbons (Fsp3) is 0.500. The van der Waals surface area contributed by atoms with Gasteiger partial charge in [0.05, 0.1) is 0 Å². The highest BCUT2D eigenvalue weighted by Crippen LogP contribution is 2.34. The minimum Gasteiger partial charge on any atom is -0.508 e. The molecule has 1 saturated carbocycles. The smallest absolute Gasteiger partial charge is 0.132 e. The molecule has 0 spiro atoms. The van der Waals surface area contributed by atoms with E-state index in [0.717, 1.165) is 25.7 Å². The lowest BCUT2D eigenvalue weighted by Crippen LogP contribution is -2.18. The summed E-state index contributed by atoms with van der Waals surface area (Å²) < 4.78 is 0. The Labute approximate surface area is 96.3 Å². The van der Waals surface area contributed by atoms with Gasteiger partial charge in [0.2, 0.25) is 0 Å². The average Bonchev–Trinajstić information content (AvgIpc) is 2.30. The standard InChI is InChI=1S/C14H18O2/c1-10(11-2-6-13(15)7-3-11)12-4-8-14(16)9-5-12/h2-3,6-7,10,12,15H,4-5,8-9H2,1H3. The maximum atomic E-state index is 11.2. The molecule has 1 N–H and O–H groups in total. The highest BCUT2D eigenvalue weighted by molar-refractivity contribution is 5.79. The highest BCUT2D eigenvalue weighted by atomic mass is 16.3. The highest BCUT2D eigenvalue weighted by Gasteiger charge is 2.24. The van der Waals surface area contributed by atoms with Gasteiger partial charge in [0.25, 0.3) is 0 Å². The van der Waals surface area contributed by atoms with Crippen LogP contribution >= 0.6 is 0 Å². The van der Waals surface area contributed by atoms with Gasteiger partial charge < -0.3 is 5.11 Å². The fourth-order valence-electron chi connectivity index (χ4n) is 2.51. The molecule has 0 bridgehead atoms. The number of rotatable bonds is 2. The largest absolute Gasteiger partial charge is 0.508 e. The van der Waals surface area contributed by atoms with Gasteiger partial charge in [-0.2, -0.15) is 0 Å². The van der Waals surface area contributed by atoms with E-state index in [-0.39, 0.29) is 0 Å². The SMILES string of the molecule is CC(c1ccc(O)cc1)C1CCC(=O)CC1. The Balaban J connectivity index is 2.04. The van der Waals surface area contributed by atoms with E-state index in [1.165, 1.54) is 5.56 Å². The summed E-state index contributed by atoms with van der Waals surface area (Å²) in [5, 5.41) is 9.24. The summed E-state index contributed by atoms with van der Waals surface area (Å²) >= 11 is 0. The number of phenolic OH excluding ortho intramolecular Hbond substituents is 1. The lowest BCUT2D eigenvalue weighted by Gasteiger charge is -2.27. The van der Waals surface area contributed by atoms with Crippen molar-refractivity contribution in [2.75, 3.05) is 0 Å². The van der Waals surface area contributed by atoms with Gasteiger partial charge >= 0.3 is 0 Å². The van der Waals surface area contributed by atoms with Gasteiger partial charge in [0.1, 0.15) is 11.5 Å². The molecule has 2 heteroatoms. The van der Waals surface area contributed by atoms with Crippen molar-refractivity contribution in [3.8, 4) is 5.75 Å². The number of carbonyl (C=O) groups is 1. The van der Waals surface area contributed by atoms with Crippen LogP contribution in [0.2, 0.25) is 0 Å². The van der Waals surface area contributed by atoms with E-state index in [4.69, 9.17) is 0 Å². The normalized spacial score (nSPS) is 19.7. The third-order valence-electron chi connectivity index (χ3n) is 3.71. The fourth-order valence-corrected chi connectivity index (χ4v) is 2.51. The monoisotopic (exact) mass is 218 g/mol. The summed E-state index contributed by atoms with van der Waals surface area (Å²) in [6.45, 7) is 2.22. The number of Topliss-reactive ketones (excluding diaryl/α,β-unsaturated/α-hetero) is 1. The quantitative estimate of drug-likeness (QED) is 0.827. The third-order valence-corrected chi connectivity index (χ3v) is 3.71. The zero-order chi connectivity index (χ0) is 11.5. The zero-order valence-corrected chi connectivity index (χ0v) is 9.65. The Morgan fingerprint density at radius 2 is 1.75 bits per heavy atom. The van der Waals surface area contributed by atoms with Crippen molar-refractivity contribution in [3.63, 3.8) is 0 Å². The second kappa shape index (κ2) is 4.69. The van der Waals surface area contributed by atoms with Crippen molar-refractivity contribution in [1.82, 2.24) is 0 Å². The third kappa shape index (κ3) is 2.43. The summed E-state index contributed by atoms with van der Waals surface area (Å²) in [5.41, 5.74) is 1.26. The maximum Gasteiger partial charge on any atom is 0.132 e. The van der Waals surface area contributed by atoms with Gasteiger partial charge in [-0.05, 0) is 42.4 Å². The topological polar surface area (TPSA) is 37.3 Å². The molecule has 0 radical (unpaired) electrons. The number of hydrogen-bond donors (Lipinski definition) is 1. The van der Waals surface area contributed by atoms with E-state index in [2.05, 4.69) is 6.92 Å². The first-order chi connectivity index (χ1) is 7.66. The molecular formula is C14H18O2. The molecule has 1 aromatic carbocycles. The van der Waals surface area contributed by atoms with Crippen molar-refractivity contribution in [3.05, 3.63) is 29.8 Å². The van der Waals surface area contributed by atoms with Crippen molar-refractivity contribution in [2.24, 2.45) is 5.92 Å². The number of phenols is 1. The predicted octanol–water partition coefficient (Wildman–Crippen LogP) is 3.26. The van der Waals surface area contributed by atoms with E-state index in [9.17, 15) is 9.90 Å². The number of benzene rings is 1. The van der Waals surface area contributed by atoms with Crippen LogP contribution in [0.15, 0.2) is 24.3 Å². The molecule has 0 aliphatic heterocycles. The first-order valence-corrected chi connectivity index (χ1v) is 5.97. The van der Waals surface area contributed by atoms with Crippen LogP contribution in [0.25, 0.3) is 0 Å². The van der Waals surface area contributed by atoms with Crippen molar-refractivity contribution in [2.45, 2.75) is 38.5 Å². The molecule has 1 aromatic rings. The second-order valence-corrected chi connectivity index (χ2v) is 4.76. The molecule has 1 atom stereocenters. The molecule has 1 aliphatic carbocycles. The number of hydrogen-bond acceptors (Lipinski definition) is 2. The molecule has 0 aromatic heterocycles. The second-order valence-electron chi connectivity index (χ2n) is 4.76. The molecule has 16 heavy (non-hydrogen) atoms. The minimum absolute atomic E-state index is 0.315. The number of aromatic hydroxyl groups is 1. The van der Waals surface area contributed by atoms with Gasteiger partial charge in [-0.1, -0.05) is 19.1 Å². The first-order valence-electron chi connectivity index (χ1n) is 5.97. The summed E-state index contributed by atoms with van der Waals surface area (Å²) in [5.74, 6) is 1.82. The molecule has 86 valence electrons. The molecule has 0 heterocycles. The first kappa shape index (κ1) is 11.2.